The minimum atomic E-state index is -0.0410. The number of nitrogens with one attached hydrogen (secondary N) is 1. The number of rotatable bonds is 4. The van der Waals surface area contributed by atoms with Crippen LogP contribution in [0.2, 0.25) is 0 Å². The highest BCUT2D eigenvalue weighted by molar-refractivity contribution is 9.10. The topological polar surface area (TPSA) is 58.1 Å². The minimum Gasteiger partial charge on any atom is -0.364 e. The Morgan fingerprint density at radius 2 is 2.11 bits per heavy atom. The number of pyridine rings is 2. The van der Waals surface area contributed by atoms with Crippen LogP contribution in [0, 0.1) is 12.3 Å². The largest absolute Gasteiger partial charge is 0.364 e. The van der Waals surface area contributed by atoms with Crippen molar-refractivity contribution in [1.82, 2.24) is 9.97 Å². The van der Waals surface area contributed by atoms with Crippen LogP contribution in [0.25, 0.3) is 0 Å². The second-order valence-corrected chi connectivity index (χ2v) is 9.31. The molecule has 2 aromatic heterocycles. The first-order chi connectivity index (χ1) is 12.7. The Morgan fingerprint density at radius 1 is 1.33 bits per heavy atom. The lowest BCUT2D eigenvalue weighted by atomic mass is 9.92. The average Bonchev–Trinajstić information content (AvgIpc) is 2.56. The van der Waals surface area contributed by atoms with Crippen molar-refractivity contribution >= 4 is 33.3 Å². The summed E-state index contributed by atoms with van der Waals surface area (Å²) in [7, 11) is 0. The monoisotopic (exact) mass is 430 g/mol. The Balaban J connectivity index is 1.79. The SMILES string of the molecule is Cc1cc2c(nc1NC(=O)CC(C)(C)C)CCCN2Cc1ccc(Br)cn1. The minimum absolute atomic E-state index is 0.0183. The van der Waals surface area contributed by atoms with Crippen LogP contribution in [0.5, 0.6) is 0 Å². The van der Waals surface area contributed by atoms with Gasteiger partial charge in [-0.15, -0.1) is 0 Å². The summed E-state index contributed by atoms with van der Waals surface area (Å²) in [5.74, 6) is 0.705. The van der Waals surface area contributed by atoms with E-state index in [4.69, 9.17) is 4.98 Å². The van der Waals surface area contributed by atoms with Crippen LogP contribution in [0.3, 0.4) is 0 Å². The molecule has 1 N–H and O–H groups in total. The molecule has 0 spiro atoms. The lowest BCUT2D eigenvalue weighted by Crippen LogP contribution is -2.30. The van der Waals surface area contributed by atoms with Crippen molar-refractivity contribution in [3.63, 3.8) is 0 Å². The maximum Gasteiger partial charge on any atom is 0.226 e. The van der Waals surface area contributed by atoms with Crippen LogP contribution in [-0.4, -0.2) is 22.4 Å². The lowest BCUT2D eigenvalue weighted by Gasteiger charge is -2.31. The van der Waals surface area contributed by atoms with Gasteiger partial charge in [-0.1, -0.05) is 20.8 Å². The fraction of sp³-hybridized carbons (Fsp3) is 0.476. The zero-order valence-corrected chi connectivity index (χ0v) is 18.1. The summed E-state index contributed by atoms with van der Waals surface area (Å²) in [4.78, 5) is 23.9. The standard InChI is InChI=1S/C21H27BrN4O/c1-14-10-18-17(24-20(14)25-19(27)11-21(2,3)4)6-5-9-26(18)13-16-8-7-15(22)12-23-16/h7-8,10,12H,5-6,9,11,13H2,1-4H3,(H,24,25,27). The summed E-state index contributed by atoms with van der Waals surface area (Å²) in [6, 6.07) is 6.21. The highest BCUT2D eigenvalue weighted by Crippen LogP contribution is 2.31. The van der Waals surface area contributed by atoms with Crippen LogP contribution in [0.1, 0.15) is 50.6 Å². The van der Waals surface area contributed by atoms with Crippen molar-refractivity contribution in [1.29, 1.82) is 0 Å². The number of hydrogen-bond donors (Lipinski definition) is 1. The van der Waals surface area contributed by atoms with Crippen molar-refractivity contribution in [2.24, 2.45) is 5.41 Å². The molecule has 0 saturated carbocycles. The fourth-order valence-corrected chi connectivity index (χ4v) is 3.53. The van der Waals surface area contributed by atoms with Gasteiger partial charge in [0, 0.05) is 23.6 Å². The molecule has 0 aromatic carbocycles. The van der Waals surface area contributed by atoms with Crippen molar-refractivity contribution in [3.05, 3.63) is 45.8 Å². The first-order valence-electron chi connectivity index (χ1n) is 9.37. The van der Waals surface area contributed by atoms with Crippen LogP contribution < -0.4 is 10.2 Å². The molecule has 144 valence electrons. The number of carbonyl (C=O) groups excluding carboxylic acids is 1. The normalized spacial score (nSPS) is 14.0. The quantitative estimate of drug-likeness (QED) is 0.750. The molecule has 0 aliphatic carbocycles. The predicted octanol–water partition coefficient (Wildman–Crippen LogP) is 4.88. The Morgan fingerprint density at radius 3 is 2.78 bits per heavy atom. The van der Waals surface area contributed by atoms with Gasteiger partial charge in [-0.25, -0.2) is 4.98 Å². The molecular formula is C21H27BrN4O. The number of fused-ring (bicyclic) bond motifs is 1. The fourth-order valence-electron chi connectivity index (χ4n) is 3.30. The molecule has 1 amide bonds. The van der Waals surface area contributed by atoms with Crippen molar-refractivity contribution in [2.75, 3.05) is 16.8 Å². The van der Waals surface area contributed by atoms with E-state index >= 15 is 0 Å². The molecule has 0 atom stereocenters. The van der Waals surface area contributed by atoms with Crippen LogP contribution in [0.15, 0.2) is 28.9 Å². The van der Waals surface area contributed by atoms with E-state index in [-0.39, 0.29) is 11.3 Å². The summed E-state index contributed by atoms with van der Waals surface area (Å²) < 4.78 is 0.985. The molecule has 0 radical (unpaired) electrons. The third-order valence-corrected chi connectivity index (χ3v) is 5.01. The molecule has 3 heterocycles. The number of aromatic nitrogens is 2. The summed E-state index contributed by atoms with van der Waals surface area (Å²) in [6.45, 7) is 9.94. The molecule has 6 heteroatoms. The van der Waals surface area contributed by atoms with E-state index in [1.807, 2.05) is 25.3 Å². The van der Waals surface area contributed by atoms with Gasteiger partial charge in [-0.3, -0.25) is 9.78 Å². The van der Waals surface area contributed by atoms with Gasteiger partial charge >= 0.3 is 0 Å². The molecule has 1 aliphatic heterocycles. The van der Waals surface area contributed by atoms with Gasteiger partial charge < -0.3 is 10.2 Å². The van der Waals surface area contributed by atoms with Gasteiger partial charge in [0.15, 0.2) is 0 Å². The van der Waals surface area contributed by atoms with Gasteiger partial charge in [0.2, 0.25) is 5.91 Å². The van der Waals surface area contributed by atoms with Crippen LogP contribution >= 0.6 is 15.9 Å². The molecule has 5 nitrogen and oxygen atoms in total. The van der Waals surface area contributed by atoms with Gasteiger partial charge in [0.1, 0.15) is 5.82 Å². The second kappa shape index (κ2) is 7.97. The molecule has 27 heavy (non-hydrogen) atoms. The van der Waals surface area contributed by atoms with Crippen molar-refractivity contribution in [3.8, 4) is 0 Å². The van der Waals surface area contributed by atoms with E-state index in [0.717, 1.165) is 53.0 Å². The number of nitrogens with zero attached hydrogens (tertiary/aromatic N) is 3. The maximum absolute atomic E-state index is 12.3. The van der Waals surface area contributed by atoms with Crippen LogP contribution in [0.4, 0.5) is 11.5 Å². The predicted molar refractivity (Wildman–Crippen MR) is 113 cm³/mol. The molecular weight excluding hydrogens is 404 g/mol. The summed E-state index contributed by atoms with van der Waals surface area (Å²) in [5.41, 5.74) is 4.19. The Labute approximate surface area is 169 Å². The number of anilines is 2. The molecule has 0 bridgehead atoms. The van der Waals surface area contributed by atoms with Gasteiger partial charge in [-0.2, -0.15) is 0 Å². The van der Waals surface area contributed by atoms with E-state index in [1.165, 1.54) is 0 Å². The van der Waals surface area contributed by atoms with E-state index in [1.54, 1.807) is 0 Å². The lowest BCUT2D eigenvalue weighted by molar-refractivity contribution is -0.117. The van der Waals surface area contributed by atoms with Gasteiger partial charge in [0.05, 0.1) is 23.6 Å². The second-order valence-electron chi connectivity index (χ2n) is 8.40. The van der Waals surface area contributed by atoms with E-state index in [0.29, 0.717) is 12.2 Å². The van der Waals surface area contributed by atoms with Crippen molar-refractivity contribution in [2.45, 2.75) is 53.5 Å². The number of aryl methyl sites for hydroxylation is 2. The Hall–Kier alpha value is -1.95. The Kier molecular flexibility index (Phi) is 5.84. The molecule has 1 aliphatic rings. The summed E-state index contributed by atoms with van der Waals surface area (Å²) in [5, 5.41) is 3.00. The van der Waals surface area contributed by atoms with E-state index in [2.05, 4.69) is 58.0 Å². The smallest absolute Gasteiger partial charge is 0.226 e. The van der Waals surface area contributed by atoms with Gasteiger partial charge in [0.25, 0.3) is 0 Å². The molecule has 0 unspecified atom stereocenters. The highest BCUT2D eigenvalue weighted by atomic mass is 79.9. The third kappa shape index (κ3) is 5.28. The maximum atomic E-state index is 12.3. The van der Waals surface area contributed by atoms with E-state index in [9.17, 15) is 4.79 Å². The van der Waals surface area contributed by atoms with Gasteiger partial charge in [-0.05, 0) is 64.9 Å². The molecule has 0 saturated heterocycles. The van der Waals surface area contributed by atoms with E-state index < -0.39 is 0 Å². The number of carbonyl (C=O) groups is 1. The molecule has 3 rings (SSSR count). The summed E-state index contributed by atoms with van der Waals surface area (Å²) >= 11 is 3.43. The summed E-state index contributed by atoms with van der Waals surface area (Å²) in [6.07, 6.45) is 4.29. The first-order valence-corrected chi connectivity index (χ1v) is 10.2. The number of hydrogen-bond acceptors (Lipinski definition) is 4. The Bertz CT molecular complexity index is 827. The first kappa shape index (κ1) is 19.8. The van der Waals surface area contributed by atoms with Crippen molar-refractivity contribution < 1.29 is 4.79 Å². The number of amides is 1. The zero-order valence-electron chi connectivity index (χ0n) is 16.5. The third-order valence-electron chi connectivity index (χ3n) is 4.54. The molecule has 2 aromatic rings. The highest BCUT2D eigenvalue weighted by Gasteiger charge is 2.22. The zero-order chi connectivity index (χ0) is 19.6. The van der Waals surface area contributed by atoms with Crippen LogP contribution in [-0.2, 0) is 17.8 Å². The molecule has 0 fully saturated rings. The number of halogens is 1. The average molecular weight is 431 g/mol.